The van der Waals surface area contributed by atoms with Crippen molar-refractivity contribution < 1.29 is 13.9 Å². The van der Waals surface area contributed by atoms with Crippen LogP contribution >= 0.6 is 0 Å². The number of hydrogen-bond acceptors (Lipinski definition) is 1. The number of benzene rings is 1. The zero-order valence-electron chi connectivity index (χ0n) is 11.8. The highest BCUT2D eigenvalue weighted by Gasteiger charge is 2.43. The quantitative estimate of drug-likeness (QED) is 0.852. The van der Waals surface area contributed by atoms with Crippen molar-refractivity contribution in [3.8, 4) is 0 Å². The molecule has 0 unspecified atom stereocenters. The van der Waals surface area contributed by atoms with Crippen LogP contribution in [-0.2, 0) is 6.42 Å². The van der Waals surface area contributed by atoms with Crippen molar-refractivity contribution in [1.29, 1.82) is 0 Å². The first-order valence-electron chi connectivity index (χ1n) is 7.67. The zero-order chi connectivity index (χ0) is 14.2. The Balaban J connectivity index is 1.70. The third-order valence-corrected chi connectivity index (χ3v) is 5.46. The van der Waals surface area contributed by atoms with Gasteiger partial charge in [0.15, 0.2) is 11.6 Å². The van der Waals surface area contributed by atoms with E-state index in [4.69, 9.17) is 0 Å². The predicted molar refractivity (Wildman–Crippen MR) is 74.4 cm³/mol. The molecule has 1 aromatic carbocycles. The second-order valence-corrected chi connectivity index (χ2v) is 6.82. The maximum Gasteiger partial charge on any atom is 0.162 e. The van der Waals surface area contributed by atoms with Crippen LogP contribution in [0.1, 0.15) is 56.9 Å². The summed E-state index contributed by atoms with van der Waals surface area (Å²) in [4.78, 5) is 0. The molecule has 3 rings (SSSR count). The molecule has 0 saturated heterocycles. The normalized spacial score (nSPS) is 24.1. The minimum Gasteiger partial charge on any atom is -0.390 e. The van der Waals surface area contributed by atoms with E-state index >= 15 is 0 Å². The van der Waals surface area contributed by atoms with Crippen LogP contribution < -0.4 is 0 Å². The van der Waals surface area contributed by atoms with Crippen LogP contribution in [0.3, 0.4) is 0 Å². The highest BCUT2D eigenvalue weighted by atomic mass is 19.2. The second kappa shape index (κ2) is 5.10. The van der Waals surface area contributed by atoms with E-state index in [1.54, 1.807) is 6.07 Å². The van der Waals surface area contributed by atoms with Gasteiger partial charge >= 0.3 is 0 Å². The second-order valence-electron chi connectivity index (χ2n) is 6.82. The first kappa shape index (κ1) is 14.0. The minimum atomic E-state index is -0.859. The van der Waals surface area contributed by atoms with E-state index in [1.807, 2.05) is 0 Å². The van der Waals surface area contributed by atoms with Gasteiger partial charge in [-0.05, 0) is 55.6 Å². The van der Waals surface area contributed by atoms with Crippen LogP contribution in [0.2, 0.25) is 0 Å². The Morgan fingerprint density at radius 2 is 1.60 bits per heavy atom. The Kier molecular flexibility index (Phi) is 3.57. The van der Waals surface area contributed by atoms with E-state index in [0.29, 0.717) is 23.8 Å². The lowest BCUT2D eigenvalue weighted by molar-refractivity contribution is -0.0328. The molecule has 0 heterocycles. The summed E-state index contributed by atoms with van der Waals surface area (Å²) in [6.07, 6.45) is 8.86. The Morgan fingerprint density at radius 3 is 2.25 bits per heavy atom. The third kappa shape index (κ3) is 2.60. The van der Waals surface area contributed by atoms with Crippen LogP contribution in [0.15, 0.2) is 18.2 Å². The molecule has 0 radical (unpaired) electrons. The molecule has 1 spiro atoms. The van der Waals surface area contributed by atoms with Crippen molar-refractivity contribution in [1.82, 2.24) is 0 Å². The molecule has 110 valence electrons. The smallest absolute Gasteiger partial charge is 0.162 e. The molecular formula is C17H22F2O. The van der Waals surface area contributed by atoms with Crippen LogP contribution in [0.5, 0.6) is 0 Å². The van der Waals surface area contributed by atoms with E-state index in [1.165, 1.54) is 31.7 Å². The standard InChI is InChI=1S/C17H22F2O/c18-14-5-3-4-13(15(14)19)12-17(20)10-8-16(9-11-17)6-1-2-7-16/h3-5,20H,1-2,6-12H2. The summed E-state index contributed by atoms with van der Waals surface area (Å²) < 4.78 is 27.0. The molecule has 3 heteroatoms. The van der Waals surface area contributed by atoms with Crippen molar-refractivity contribution >= 4 is 0 Å². The Labute approximate surface area is 119 Å². The molecule has 1 nitrogen and oxygen atoms in total. The third-order valence-electron chi connectivity index (χ3n) is 5.46. The topological polar surface area (TPSA) is 20.2 Å². The molecule has 0 aliphatic heterocycles. The molecule has 20 heavy (non-hydrogen) atoms. The highest BCUT2D eigenvalue weighted by Crippen LogP contribution is 2.51. The van der Waals surface area contributed by atoms with Crippen LogP contribution in [0, 0.1) is 17.0 Å². The monoisotopic (exact) mass is 280 g/mol. The van der Waals surface area contributed by atoms with Gasteiger partial charge in [0.1, 0.15) is 0 Å². The van der Waals surface area contributed by atoms with E-state index in [-0.39, 0.29) is 6.42 Å². The van der Waals surface area contributed by atoms with E-state index < -0.39 is 17.2 Å². The molecule has 0 bridgehead atoms. The fourth-order valence-electron chi connectivity index (χ4n) is 4.09. The molecule has 0 aromatic heterocycles. The van der Waals surface area contributed by atoms with E-state index in [9.17, 15) is 13.9 Å². The van der Waals surface area contributed by atoms with Crippen molar-refractivity contribution in [3.05, 3.63) is 35.4 Å². The molecular weight excluding hydrogens is 258 g/mol. The van der Waals surface area contributed by atoms with Crippen molar-refractivity contribution in [3.63, 3.8) is 0 Å². The van der Waals surface area contributed by atoms with E-state index in [0.717, 1.165) is 18.9 Å². The van der Waals surface area contributed by atoms with Crippen LogP contribution in [-0.4, -0.2) is 10.7 Å². The largest absolute Gasteiger partial charge is 0.390 e. The number of halogens is 2. The van der Waals surface area contributed by atoms with Gasteiger partial charge in [0.2, 0.25) is 0 Å². The lowest BCUT2D eigenvalue weighted by Gasteiger charge is -2.42. The highest BCUT2D eigenvalue weighted by molar-refractivity contribution is 5.21. The lowest BCUT2D eigenvalue weighted by Crippen LogP contribution is -2.40. The molecule has 1 N–H and O–H groups in total. The summed E-state index contributed by atoms with van der Waals surface area (Å²) >= 11 is 0. The van der Waals surface area contributed by atoms with Gasteiger partial charge in [0.05, 0.1) is 5.60 Å². The average Bonchev–Trinajstić information content (AvgIpc) is 2.88. The van der Waals surface area contributed by atoms with Crippen molar-refractivity contribution in [2.45, 2.75) is 63.4 Å². The summed E-state index contributed by atoms with van der Waals surface area (Å²) in [6, 6.07) is 4.21. The van der Waals surface area contributed by atoms with Crippen LogP contribution in [0.25, 0.3) is 0 Å². The summed E-state index contributed by atoms with van der Waals surface area (Å²) in [5, 5.41) is 10.7. The Bertz CT molecular complexity index is 482. The lowest BCUT2D eigenvalue weighted by atomic mass is 9.66. The van der Waals surface area contributed by atoms with Crippen molar-refractivity contribution in [2.24, 2.45) is 5.41 Å². The zero-order valence-corrected chi connectivity index (χ0v) is 11.8. The van der Waals surface area contributed by atoms with Gasteiger partial charge < -0.3 is 5.11 Å². The molecule has 2 aliphatic carbocycles. The molecule has 2 fully saturated rings. The first-order valence-corrected chi connectivity index (χ1v) is 7.67. The fraction of sp³-hybridized carbons (Fsp3) is 0.647. The number of rotatable bonds is 2. The molecule has 1 aromatic rings. The van der Waals surface area contributed by atoms with Crippen LogP contribution in [0.4, 0.5) is 8.78 Å². The molecule has 2 aliphatic rings. The minimum absolute atomic E-state index is 0.229. The summed E-state index contributed by atoms with van der Waals surface area (Å²) in [6.45, 7) is 0. The van der Waals surface area contributed by atoms with Gasteiger partial charge in [-0.15, -0.1) is 0 Å². The summed E-state index contributed by atoms with van der Waals surface area (Å²) in [5.41, 5.74) is -0.121. The van der Waals surface area contributed by atoms with Gasteiger partial charge in [-0.3, -0.25) is 0 Å². The predicted octanol–water partition coefficient (Wildman–Crippen LogP) is 4.37. The SMILES string of the molecule is OC1(Cc2cccc(F)c2F)CCC2(CCCC2)CC1. The Morgan fingerprint density at radius 1 is 0.950 bits per heavy atom. The fourth-order valence-corrected chi connectivity index (χ4v) is 4.09. The Hall–Kier alpha value is -0.960. The van der Waals surface area contributed by atoms with Gasteiger partial charge in [-0.25, -0.2) is 8.78 Å². The average molecular weight is 280 g/mol. The van der Waals surface area contributed by atoms with E-state index in [2.05, 4.69) is 0 Å². The summed E-state index contributed by atoms with van der Waals surface area (Å²) in [5.74, 6) is -1.63. The van der Waals surface area contributed by atoms with Crippen molar-refractivity contribution in [2.75, 3.05) is 0 Å². The number of aliphatic hydroxyl groups is 1. The maximum absolute atomic E-state index is 13.7. The van der Waals surface area contributed by atoms with Gasteiger partial charge in [-0.2, -0.15) is 0 Å². The van der Waals surface area contributed by atoms with Gasteiger partial charge in [0, 0.05) is 6.42 Å². The number of hydrogen-bond donors (Lipinski definition) is 1. The molecule has 2 saturated carbocycles. The molecule has 0 atom stereocenters. The van der Waals surface area contributed by atoms with Gasteiger partial charge in [-0.1, -0.05) is 25.0 Å². The van der Waals surface area contributed by atoms with Gasteiger partial charge in [0.25, 0.3) is 0 Å². The first-order chi connectivity index (χ1) is 9.52. The summed E-state index contributed by atoms with van der Waals surface area (Å²) in [7, 11) is 0. The molecule has 0 amide bonds. The maximum atomic E-state index is 13.7.